The van der Waals surface area contributed by atoms with Gasteiger partial charge in [0, 0.05) is 10.6 Å². The van der Waals surface area contributed by atoms with Crippen LogP contribution in [0, 0.1) is 13.8 Å². The summed E-state index contributed by atoms with van der Waals surface area (Å²) in [6.07, 6.45) is 3.84. The number of amides is 1. The lowest BCUT2D eigenvalue weighted by molar-refractivity contribution is -0.116. The molecule has 0 saturated heterocycles. The standard InChI is InChI=1S/C28H29N3O3S/c1-17-13-14-22(18(2)15-17)29-24(32)16-30-27-25(21-11-7-8-12-23(21)35-27)26(33)31(28(30)34)19(3)20-9-5-4-6-10-20/h4-6,9-10,13-15,19H,7-8,11-12,16H2,1-3H3,(H,29,32). The van der Waals surface area contributed by atoms with E-state index >= 15 is 0 Å². The van der Waals surface area contributed by atoms with Crippen molar-refractivity contribution < 1.29 is 4.79 Å². The highest BCUT2D eigenvalue weighted by Gasteiger charge is 2.26. The third-order valence-electron chi connectivity index (χ3n) is 6.89. The van der Waals surface area contributed by atoms with E-state index in [9.17, 15) is 14.4 Å². The molecule has 2 aromatic carbocycles. The highest BCUT2D eigenvalue weighted by Crippen LogP contribution is 2.34. The average molecular weight is 488 g/mol. The molecule has 4 aromatic rings. The lowest BCUT2D eigenvalue weighted by Gasteiger charge is -2.18. The summed E-state index contributed by atoms with van der Waals surface area (Å²) < 4.78 is 2.82. The van der Waals surface area contributed by atoms with E-state index in [1.54, 1.807) is 0 Å². The first-order valence-corrected chi connectivity index (χ1v) is 12.9. The Balaban J connectivity index is 1.64. The van der Waals surface area contributed by atoms with E-state index in [-0.39, 0.29) is 18.0 Å². The Morgan fingerprint density at radius 3 is 2.54 bits per heavy atom. The number of nitrogens with zero attached hydrogens (tertiary/aromatic N) is 2. The van der Waals surface area contributed by atoms with Crippen LogP contribution in [0.15, 0.2) is 58.1 Å². The van der Waals surface area contributed by atoms with Crippen molar-refractivity contribution in [2.75, 3.05) is 5.32 Å². The Morgan fingerprint density at radius 2 is 1.80 bits per heavy atom. The fraction of sp³-hybridized carbons (Fsp3) is 0.321. The van der Waals surface area contributed by atoms with Crippen LogP contribution in [0.25, 0.3) is 10.2 Å². The maximum absolute atomic E-state index is 13.8. The number of anilines is 1. The summed E-state index contributed by atoms with van der Waals surface area (Å²) in [6.45, 7) is 5.67. The molecular weight excluding hydrogens is 458 g/mol. The fourth-order valence-electron chi connectivity index (χ4n) is 5.04. The first kappa shape index (κ1) is 23.3. The molecule has 0 aliphatic heterocycles. The number of thiophene rings is 1. The van der Waals surface area contributed by atoms with Crippen molar-refractivity contribution in [2.45, 2.75) is 59.0 Å². The summed E-state index contributed by atoms with van der Waals surface area (Å²) in [6, 6.07) is 14.9. The number of hydrogen-bond acceptors (Lipinski definition) is 4. The van der Waals surface area contributed by atoms with Gasteiger partial charge in [0.05, 0.1) is 11.4 Å². The van der Waals surface area contributed by atoms with Crippen LogP contribution in [0.2, 0.25) is 0 Å². The minimum atomic E-state index is -0.451. The van der Waals surface area contributed by atoms with E-state index < -0.39 is 11.7 Å². The number of carbonyl (C=O) groups excluding carboxylic acids is 1. The summed E-state index contributed by atoms with van der Waals surface area (Å²) in [5.74, 6) is -0.288. The molecule has 2 aromatic heterocycles. The summed E-state index contributed by atoms with van der Waals surface area (Å²) in [7, 11) is 0. The zero-order valence-electron chi connectivity index (χ0n) is 20.3. The van der Waals surface area contributed by atoms with Gasteiger partial charge in [-0.05, 0) is 69.2 Å². The van der Waals surface area contributed by atoms with Gasteiger partial charge in [0.2, 0.25) is 5.91 Å². The van der Waals surface area contributed by atoms with Crippen LogP contribution in [0.5, 0.6) is 0 Å². The Bertz CT molecular complexity index is 1550. The molecule has 0 spiro atoms. The number of hydrogen-bond donors (Lipinski definition) is 1. The molecule has 6 nitrogen and oxygen atoms in total. The highest BCUT2D eigenvalue weighted by atomic mass is 32.1. The van der Waals surface area contributed by atoms with Gasteiger partial charge in [-0.1, -0.05) is 48.0 Å². The van der Waals surface area contributed by atoms with Crippen LogP contribution in [0.4, 0.5) is 5.69 Å². The zero-order valence-corrected chi connectivity index (χ0v) is 21.1. The smallest absolute Gasteiger partial charge is 0.324 e. The van der Waals surface area contributed by atoms with Gasteiger partial charge in [-0.2, -0.15) is 0 Å². The van der Waals surface area contributed by atoms with Gasteiger partial charge in [-0.25, -0.2) is 4.79 Å². The van der Waals surface area contributed by atoms with E-state index in [0.29, 0.717) is 10.2 Å². The van der Waals surface area contributed by atoms with Crippen molar-refractivity contribution in [2.24, 2.45) is 0 Å². The number of rotatable bonds is 5. The topological polar surface area (TPSA) is 73.1 Å². The van der Waals surface area contributed by atoms with Crippen molar-refractivity contribution >= 4 is 33.1 Å². The molecule has 0 bridgehead atoms. The van der Waals surface area contributed by atoms with Gasteiger partial charge in [-0.15, -0.1) is 11.3 Å². The van der Waals surface area contributed by atoms with Crippen molar-refractivity contribution in [3.8, 4) is 0 Å². The molecule has 0 fully saturated rings. The van der Waals surface area contributed by atoms with Gasteiger partial charge in [0.25, 0.3) is 5.56 Å². The molecular formula is C28H29N3O3S. The van der Waals surface area contributed by atoms with Gasteiger partial charge >= 0.3 is 5.69 Å². The van der Waals surface area contributed by atoms with E-state index in [1.807, 2.05) is 69.3 Å². The monoisotopic (exact) mass is 487 g/mol. The van der Waals surface area contributed by atoms with Crippen LogP contribution < -0.4 is 16.6 Å². The Labute approximate surface area is 207 Å². The van der Waals surface area contributed by atoms with Crippen LogP contribution in [0.3, 0.4) is 0 Å². The maximum atomic E-state index is 13.8. The fourth-order valence-corrected chi connectivity index (χ4v) is 6.41. The average Bonchev–Trinajstić information content (AvgIpc) is 3.24. The normalized spacial score (nSPS) is 14.0. The predicted molar refractivity (Wildman–Crippen MR) is 142 cm³/mol. The second kappa shape index (κ2) is 9.30. The summed E-state index contributed by atoms with van der Waals surface area (Å²) in [4.78, 5) is 42.5. The molecule has 7 heteroatoms. The third kappa shape index (κ3) is 4.25. The minimum Gasteiger partial charge on any atom is -0.324 e. The summed E-state index contributed by atoms with van der Waals surface area (Å²) in [5, 5.41) is 3.56. The number of nitrogens with one attached hydrogen (secondary N) is 1. The molecule has 1 amide bonds. The molecule has 35 heavy (non-hydrogen) atoms. The van der Waals surface area contributed by atoms with Gasteiger partial charge in [0.1, 0.15) is 11.4 Å². The van der Waals surface area contributed by atoms with Crippen LogP contribution in [-0.2, 0) is 24.2 Å². The summed E-state index contributed by atoms with van der Waals surface area (Å²) >= 11 is 1.49. The van der Waals surface area contributed by atoms with Gasteiger partial charge < -0.3 is 5.32 Å². The first-order valence-electron chi connectivity index (χ1n) is 12.1. The van der Waals surface area contributed by atoms with E-state index in [4.69, 9.17) is 0 Å². The third-order valence-corrected chi connectivity index (χ3v) is 8.21. The van der Waals surface area contributed by atoms with E-state index in [2.05, 4.69) is 5.32 Å². The molecule has 1 atom stereocenters. The minimum absolute atomic E-state index is 0.149. The van der Waals surface area contributed by atoms with E-state index in [0.717, 1.165) is 58.5 Å². The second-order valence-corrected chi connectivity index (χ2v) is 10.5. The highest BCUT2D eigenvalue weighted by molar-refractivity contribution is 7.18. The number of carbonyl (C=O) groups is 1. The van der Waals surface area contributed by atoms with Gasteiger partial charge in [-0.3, -0.25) is 18.7 Å². The maximum Gasteiger partial charge on any atom is 0.333 e. The Morgan fingerprint density at radius 1 is 1.06 bits per heavy atom. The quantitative estimate of drug-likeness (QED) is 0.432. The van der Waals surface area contributed by atoms with E-state index in [1.165, 1.54) is 20.5 Å². The second-order valence-electron chi connectivity index (χ2n) is 9.39. The van der Waals surface area contributed by atoms with Crippen molar-refractivity contribution in [3.63, 3.8) is 0 Å². The largest absolute Gasteiger partial charge is 0.333 e. The number of fused-ring (bicyclic) bond motifs is 3. The molecule has 1 aliphatic rings. The molecule has 5 rings (SSSR count). The Kier molecular flexibility index (Phi) is 6.19. The van der Waals surface area contributed by atoms with Crippen LogP contribution >= 0.6 is 11.3 Å². The Hall–Kier alpha value is -3.45. The predicted octanol–water partition coefficient (Wildman–Crippen LogP) is 4.97. The summed E-state index contributed by atoms with van der Waals surface area (Å²) in [5.41, 5.74) is 4.02. The molecule has 0 saturated carbocycles. The van der Waals surface area contributed by atoms with Crippen molar-refractivity contribution in [1.82, 2.24) is 9.13 Å². The number of aromatic nitrogens is 2. The number of benzene rings is 2. The molecule has 1 unspecified atom stereocenters. The lowest BCUT2D eigenvalue weighted by Crippen LogP contribution is -2.43. The molecule has 1 N–H and O–H groups in total. The van der Waals surface area contributed by atoms with Crippen LogP contribution in [0.1, 0.15) is 52.9 Å². The number of aryl methyl sites for hydroxylation is 4. The van der Waals surface area contributed by atoms with Gasteiger partial charge in [0.15, 0.2) is 0 Å². The van der Waals surface area contributed by atoms with Crippen molar-refractivity contribution in [3.05, 3.63) is 96.5 Å². The molecule has 2 heterocycles. The zero-order chi connectivity index (χ0) is 24.7. The SMILES string of the molecule is Cc1ccc(NC(=O)Cn2c(=O)n(C(C)c3ccccc3)c(=O)c3c4c(sc32)CCCC4)c(C)c1. The molecule has 0 radical (unpaired) electrons. The first-order chi connectivity index (χ1) is 16.8. The molecule has 180 valence electrons. The van der Waals surface area contributed by atoms with Crippen molar-refractivity contribution in [1.29, 1.82) is 0 Å². The van der Waals surface area contributed by atoms with Crippen LogP contribution in [-0.4, -0.2) is 15.0 Å². The lowest BCUT2D eigenvalue weighted by atomic mass is 9.97. The molecule has 1 aliphatic carbocycles.